The van der Waals surface area contributed by atoms with E-state index in [1.807, 2.05) is 24.3 Å². The van der Waals surface area contributed by atoms with Crippen molar-refractivity contribution in [1.82, 2.24) is 0 Å². The molecule has 0 radical (unpaired) electrons. The van der Waals surface area contributed by atoms with E-state index in [4.69, 9.17) is 4.74 Å². The summed E-state index contributed by atoms with van der Waals surface area (Å²) in [6.07, 6.45) is 10.9. The Morgan fingerprint density at radius 1 is 0.857 bits per heavy atom. The number of benzene rings is 2. The molecule has 0 unspecified atom stereocenters. The van der Waals surface area contributed by atoms with Gasteiger partial charge < -0.3 is 4.74 Å². The van der Waals surface area contributed by atoms with Gasteiger partial charge in [-0.25, -0.2) is 4.79 Å². The van der Waals surface area contributed by atoms with E-state index >= 15 is 0 Å². The average Bonchev–Trinajstić information content (AvgIpc) is 2.75. The van der Waals surface area contributed by atoms with E-state index in [1.54, 1.807) is 0 Å². The molecule has 0 aliphatic heterocycles. The predicted octanol–water partition coefficient (Wildman–Crippen LogP) is 7.21. The number of esters is 1. The molecule has 0 bridgehead atoms. The summed E-state index contributed by atoms with van der Waals surface area (Å²) < 4.78 is 5.79. The molecule has 1 aliphatic carbocycles. The third-order valence-electron chi connectivity index (χ3n) is 6.10. The van der Waals surface area contributed by atoms with Gasteiger partial charge in [-0.05, 0) is 66.8 Å². The number of carbonyl (C=O) groups is 1. The third-order valence-corrected chi connectivity index (χ3v) is 6.10. The van der Waals surface area contributed by atoms with Gasteiger partial charge in [0.2, 0.25) is 0 Å². The molecule has 1 fully saturated rings. The van der Waals surface area contributed by atoms with Crippen LogP contribution in [-0.4, -0.2) is 12.1 Å². The zero-order chi connectivity index (χ0) is 19.8. The van der Waals surface area contributed by atoms with E-state index in [2.05, 4.69) is 38.1 Å². The lowest BCUT2D eigenvalue weighted by atomic mass is 9.84. The van der Waals surface area contributed by atoms with Crippen LogP contribution in [0.4, 0.5) is 0 Å². The quantitative estimate of drug-likeness (QED) is 0.358. The second-order valence-electron chi connectivity index (χ2n) is 8.17. The second-order valence-corrected chi connectivity index (χ2v) is 8.17. The molecule has 0 spiro atoms. The van der Waals surface area contributed by atoms with E-state index in [-0.39, 0.29) is 12.1 Å². The minimum Gasteiger partial charge on any atom is -0.459 e. The van der Waals surface area contributed by atoms with E-state index in [9.17, 15) is 4.79 Å². The van der Waals surface area contributed by atoms with Crippen molar-refractivity contribution in [3.05, 3.63) is 59.7 Å². The molecule has 1 aliphatic rings. The molecule has 2 aromatic carbocycles. The second kappa shape index (κ2) is 10.5. The molecule has 0 atom stereocenters. The van der Waals surface area contributed by atoms with Crippen LogP contribution < -0.4 is 0 Å². The maximum absolute atomic E-state index is 12.5. The molecular formula is C26H34O2. The lowest BCUT2D eigenvalue weighted by molar-refractivity contribution is 0.0161. The first kappa shape index (κ1) is 20.6. The van der Waals surface area contributed by atoms with Crippen molar-refractivity contribution in [2.24, 2.45) is 5.92 Å². The van der Waals surface area contributed by atoms with Gasteiger partial charge in [0.15, 0.2) is 0 Å². The average molecular weight is 379 g/mol. The van der Waals surface area contributed by atoms with Gasteiger partial charge >= 0.3 is 5.97 Å². The van der Waals surface area contributed by atoms with E-state index in [1.165, 1.54) is 49.7 Å². The van der Waals surface area contributed by atoms with Crippen molar-refractivity contribution in [2.75, 3.05) is 0 Å². The summed E-state index contributed by atoms with van der Waals surface area (Å²) in [4.78, 5) is 12.5. The number of carbonyl (C=O) groups excluding carboxylic acids is 1. The Kier molecular flexibility index (Phi) is 7.71. The predicted molar refractivity (Wildman–Crippen MR) is 117 cm³/mol. The van der Waals surface area contributed by atoms with Gasteiger partial charge in [-0.2, -0.15) is 0 Å². The molecule has 0 N–H and O–H groups in total. The van der Waals surface area contributed by atoms with Crippen molar-refractivity contribution in [1.29, 1.82) is 0 Å². The summed E-state index contributed by atoms with van der Waals surface area (Å²) in [7, 11) is 0. The number of rotatable bonds is 8. The highest BCUT2D eigenvalue weighted by atomic mass is 16.5. The monoisotopic (exact) mass is 378 g/mol. The standard InChI is InChI=1S/C26H34O2/c1-3-5-6-7-21-10-18-25(19-11-21)28-26(27)24-16-14-23(15-17-24)22-12-8-20(4-2)9-13-22/h8-9,12-17,21,25H,3-7,10-11,18-19H2,1-2H3. The van der Waals surface area contributed by atoms with Crippen LogP contribution in [0, 0.1) is 5.92 Å². The number of hydrogen-bond donors (Lipinski definition) is 0. The Hall–Kier alpha value is -2.09. The first-order chi connectivity index (χ1) is 13.7. The third kappa shape index (κ3) is 5.70. The maximum Gasteiger partial charge on any atom is 0.338 e. The molecular weight excluding hydrogens is 344 g/mol. The van der Waals surface area contributed by atoms with E-state index in [0.29, 0.717) is 5.56 Å². The van der Waals surface area contributed by atoms with Gasteiger partial charge in [-0.15, -0.1) is 0 Å². The largest absolute Gasteiger partial charge is 0.459 e. The number of ether oxygens (including phenoxy) is 1. The minimum atomic E-state index is -0.178. The molecule has 0 heterocycles. The molecule has 28 heavy (non-hydrogen) atoms. The fourth-order valence-electron chi connectivity index (χ4n) is 4.17. The van der Waals surface area contributed by atoms with Crippen LogP contribution >= 0.6 is 0 Å². The van der Waals surface area contributed by atoms with Crippen LogP contribution in [0.1, 0.15) is 81.1 Å². The highest BCUT2D eigenvalue weighted by molar-refractivity contribution is 5.90. The Morgan fingerprint density at radius 3 is 2.04 bits per heavy atom. The molecule has 2 heteroatoms. The van der Waals surface area contributed by atoms with Crippen LogP contribution in [0.2, 0.25) is 0 Å². The van der Waals surface area contributed by atoms with Crippen molar-refractivity contribution in [2.45, 2.75) is 77.7 Å². The Bertz CT molecular complexity index is 722. The van der Waals surface area contributed by atoms with Gasteiger partial charge in [0.05, 0.1) is 5.56 Å². The fourth-order valence-corrected chi connectivity index (χ4v) is 4.17. The molecule has 150 valence electrons. The van der Waals surface area contributed by atoms with Gasteiger partial charge in [0.25, 0.3) is 0 Å². The van der Waals surface area contributed by atoms with Crippen LogP contribution in [0.15, 0.2) is 48.5 Å². The topological polar surface area (TPSA) is 26.3 Å². The summed E-state index contributed by atoms with van der Waals surface area (Å²) >= 11 is 0. The van der Waals surface area contributed by atoms with Gasteiger partial charge in [0.1, 0.15) is 6.10 Å². The van der Waals surface area contributed by atoms with Crippen LogP contribution in [0.3, 0.4) is 0 Å². The van der Waals surface area contributed by atoms with Gasteiger partial charge in [-0.3, -0.25) is 0 Å². The molecule has 1 saturated carbocycles. The highest BCUT2D eigenvalue weighted by Gasteiger charge is 2.24. The fraction of sp³-hybridized carbons (Fsp3) is 0.500. The van der Waals surface area contributed by atoms with Gasteiger partial charge in [0, 0.05) is 0 Å². The highest BCUT2D eigenvalue weighted by Crippen LogP contribution is 2.30. The van der Waals surface area contributed by atoms with Crippen molar-refractivity contribution in [3.63, 3.8) is 0 Å². The number of unbranched alkanes of at least 4 members (excludes halogenated alkanes) is 2. The number of aryl methyl sites for hydroxylation is 1. The first-order valence-electron chi connectivity index (χ1n) is 11.1. The van der Waals surface area contributed by atoms with Gasteiger partial charge in [-0.1, -0.05) is 75.9 Å². The Labute approximate surface area is 170 Å². The summed E-state index contributed by atoms with van der Waals surface area (Å²) in [5.74, 6) is 0.655. The van der Waals surface area contributed by atoms with E-state index in [0.717, 1.165) is 30.7 Å². The first-order valence-corrected chi connectivity index (χ1v) is 11.1. The maximum atomic E-state index is 12.5. The summed E-state index contributed by atoms with van der Waals surface area (Å²) in [5.41, 5.74) is 4.30. The van der Waals surface area contributed by atoms with Crippen LogP contribution in [0.5, 0.6) is 0 Å². The lowest BCUT2D eigenvalue weighted by Crippen LogP contribution is -2.24. The summed E-state index contributed by atoms with van der Waals surface area (Å²) in [5, 5.41) is 0. The lowest BCUT2D eigenvalue weighted by Gasteiger charge is -2.28. The SMILES string of the molecule is CCCCCC1CCC(OC(=O)c2ccc(-c3ccc(CC)cc3)cc2)CC1. The Morgan fingerprint density at radius 2 is 1.46 bits per heavy atom. The molecule has 2 nitrogen and oxygen atoms in total. The van der Waals surface area contributed by atoms with Crippen LogP contribution in [-0.2, 0) is 11.2 Å². The minimum absolute atomic E-state index is 0.0937. The molecule has 3 rings (SSSR count). The Balaban J connectivity index is 1.49. The normalized spacial score (nSPS) is 19.4. The molecule has 0 saturated heterocycles. The smallest absolute Gasteiger partial charge is 0.338 e. The zero-order valence-corrected chi connectivity index (χ0v) is 17.5. The van der Waals surface area contributed by atoms with E-state index < -0.39 is 0 Å². The molecule has 0 amide bonds. The zero-order valence-electron chi connectivity index (χ0n) is 17.5. The van der Waals surface area contributed by atoms with Crippen molar-refractivity contribution in [3.8, 4) is 11.1 Å². The molecule has 0 aromatic heterocycles. The number of hydrogen-bond acceptors (Lipinski definition) is 2. The summed E-state index contributed by atoms with van der Waals surface area (Å²) in [6, 6.07) is 16.4. The van der Waals surface area contributed by atoms with Crippen molar-refractivity contribution >= 4 is 5.97 Å². The van der Waals surface area contributed by atoms with Crippen molar-refractivity contribution < 1.29 is 9.53 Å². The molecule has 2 aromatic rings. The summed E-state index contributed by atoms with van der Waals surface area (Å²) in [6.45, 7) is 4.42. The van der Waals surface area contributed by atoms with Crippen LogP contribution in [0.25, 0.3) is 11.1 Å².